The molecule has 6 heteroatoms. The Morgan fingerprint density at radius 3 is 2.69 bits per heavy atom. The maximum absolute atomic E-state index is 13.0. The average molecular weight is 368 g/mol. The number of nitrogens with zero attached hydrogens (tertiary/aromatic N) is 2. The van der Waals surface area contributed by atoms with Crippen LogP contribution in [-0.2, 0) is 6.42 Å². The molecule has 0 spiro atoms. The summed E-state index contributed by atoms with van der Waals surface area (Å²) in [4.78, 5) is 19.1. The highest BCUT2D eigenvalue weighted by Gasteiger charge is 2.21. The average Bonchev–Trinajstić information content (AvgIpc) is 3.10. The number of amides is 1. The molecule has 134 valence electrons. The number of para-hydroxylation sites is 1. The Kier molecular flexibility index (Phi) is 5.23. The minimum Gasteiger partial charge on any atom is -0.493 e. The number of hydrogen-bond donors (Lipinski definition) is 0. The number of fused-ring (bicyclic) bond motifs is 1. The summed E-state index contributed by atoms with van der Waals surface area (Å²) in [5.41, 5.74) is 2.25. The van der Waals surface area contributed by atoms with Crippen LogP contribution in [0.4, 0.5) is 5.13 Å². The van der Waals surface area contributed by atoms with E-state index in [9.17, 15) is 4.79 Å². The minimum absolute atomic E-state index is 0.157. The molecule has 0 saturated carbocycles. The zero-order valence-electron chi connectivity index (χ0n) is 15.0. The van der Waals surface area contributed by atoms with Crippen molar-refractivity contribution in [2.75, 3.05) is 26.2 Å². The van der Waals surface area contributed by atoms with Crippen molar-refractivity contribution in [1.29, 1.82) is 0 Å². The van der Waals surface area contributed by atoms with E-state index in [0.29, 0.717) is 28.6 Å². The van der Waals surface area contributed by atoms with Gasteiger partial charge in [-0.25, -0.2) is 4.98 Å². The van der Waals surface area contributed by atoms with Gasteiger partial charge in [0.05, 0.1) is 24.4 Å². The van der Waals surface area contributed by atoms with Gasteiger partial charge in [0.2, 0.25) is 0 Å². The second kappa shape index (κ2) is 7.58. The number of hydrogen-bond acceptors (Lipinski definition) is 5. The molecule has 0 N–H and O–H groups in total. The lowest BCUT2D eigenvalue weighted by molar-refractivity contribution is 0.0992. The molecule has 5 nitrogen and oxygen atoms in total. The van der Waals surface area contributed by atoms with Crippen LogP contribution in [0.2, 0.25) is 0 Å². The van der Waals surface area contributed by atoms with Gasteiger partial charge in [0, 0.05) is 18.2 Å². The van der Waals surface area contributed by atoms with E-state index >= 15 is 0 Å². The number of rotatable bonds is 6. The van der Waals surface area contributed by atoms with Gasteiger partial charge in [0.25, 0.3) is 5.91 Å². The van der Waals surface area contributed by atoms with Crippen LogP contribution in [0, 0.1) is 0 Å². The topological polar surface area (TPSA) is 51.7 Å². The normalized spacial score (nSPS) is 10.6. The molecule has 0 aliphatic carbocycles. The van der Waals surface area contributed by atoms with Crippen molar-refractivity contribution >= 4 is 32.6 Å². The lowest BCUT2D eigenvalue weighted by atomic mass is 10.0. The van der Waals surface area contributed by atoms with E-state index in [1.807, 2.05) is 30.3 Å². The molecular formula is C20H20N2O3S. The first-order chi connectivity index (χ1) is 12.6. The van der Waals surface area contributed by atoms with Crippen LogP contribution in [-0.4, -0.2) is 32.2 Å². The molecule has 26 heavy (non-hydrogen) atoms. The molecule has 1 aromatic heterocycles. The summed E-state index contributed by atoms with van der Waals surface area (Å²) in [6.45, 7) is 3.77. The second-order valence-corrected chi connectivity index (χ2v) is 6.70. The van der Waals surface area contributed by atoms with E-state index in [0.717, 1.165) is 15.8 Å². The summed E-state index contributed by atoms with van der Waals surface area (Å²) in [6.07, 6.45) is 2.34. The Hall–Kier alpha value is -2.86. The first-order valence-corrected chi connectivity index (χ1v) is 8.90. The molecule has 3 aromatic rings. The molecule has 0 atom stereocenters. The lowest BCUT2D eigenvalue weighted by Gasteiger charge is -2.17. The van der Waals surface area contributed by atoms with Crippen molar-refractivity contribution in [2.45, 2.75) is 6.42 Å². The number of carbonyl (C=O) groups is 1. The Labute approximate surface area is 156 Å². The predicted molar refractivity (Wildman–Crippen MR) is 106 cm³/mol. The zero-order valence-corrected chi connectivity index (χ0v) is 15.8. The van der Waals surface area contributed by atoms with Crippen molar-refractivity contribution in [3.63, 3.8) is 0 Å². The number of anilines is 1. The Balaban J connectivity index is 2.00. The summed E-state index contributed by atoms with van der Waals surface area (Å²) < 4.78 is 11.9. The van der Waals surface area contributed by atoms with Crippen LogP contribution in [0.5, 0.6) is 11.5 Å². The fourth-order valence-electron chi connectivity index (χ4n) is 2.76. The maximum atomic E-state index is 13.0. The molecule has 1 heterocycles. The Morgan fingerprint density at radius 1 is 1.27 bits per heavy atom. The van der Waals surface area contributed by atoms with E-state index in [-0.39, 0.29) is 5.91 Å². The molecule has 2 aromatic carbocycles. The van der Waals surface area contributed by atoms with Crippen LogP contribution < -0.4 is 14.4 Å². The molecule has 0 fully saturated rings. The molecule has 3 rings (SSSR count). The second-order valence-electron chi connectivity index (χ2n) is 5.69. The van der Waals surface area contributed by atoms with Crippen LogP contribution in [0.1, 0.15) is 15.9 Å². The summed E-state index contributed by atoms with van der Waals surface area (Å²) in [6, 6.07) is 11.3. The number of methoxy groups -OCH3 is 2. The summed E-state index contributed by atoms with van der Waals surface area (Å²) in [7, 11) is 4.87. The van der Waals surface area contributed by atoms with E-state index < -0.39 is 0 Å². The third-order valence-electron chi connectivity index (χ3n) is 4.04. The van der Waals surface area contributed by atoms with E-state index in [1.165, 1.54) is 11.3 Å². The van der Waals surface area contributed by atoms with Crippen molar-refractivity contribution in [3.05, 3.63) is 60.2 Å². The van der Waals surface area contributed by atoms with E-state index in [1.54, 1.807) is 38.3 Å². The molecule has 0 aliphatic rings. The number of thiazole rings is 1. The van der Waals surface area contributed by atoms with Crippen LogP contribution >= 0.6 is 11.3 Å². The lowest BCUT2D eigenvalue weighted by Crippen LogP contribution is -2.26. The number of carbonyl (C=O) groups excluding carboxylic acids is 1. The highest BCUT2D eigenvalue weighted by atomic mass is 32.1. The summed E-state index contributed by atoms with van der Waals surface area (Å²) in [5, 5.41) is 0.649. The molecule has 0 bridgehead atoms. The fraction of sp³-hybridized carbons (Fsp3) is 0.200. The molecule has 0 saturated heterocycles. The van der Waals surface area contributed by atoms with E-state index in [4.69, 9.17) is 9.47 Å². The molecule has 0 unspecified atom stereocenters. The smallest absolute Gasteiger partial charge is 0.259 e. The molecular weight excluding hydrogens is 348 g/mol. The van der Waals surface area contributed by atoms with Crippen LogP contribution in [0.3, 0.4) is 0 Å². The zero-order chi connectivity index (χ0) is 18.7. The number of benzene rings is 2. The quantitative estimate of drug-likeness (QED) is 0.608. The highest BCUT2D eigenvalue weighted by molar-refractivity contribution is 7.22. The van der Waals surface area contributed by atoms with Gasteiger partial charge in [-0.2, -0.15) is 0 Å². The third-order valence-corrected chi connectivity index (χ3v) is 5.15. The SMILES string of the molecule is C=CCc1cc(C(=O)N(C)c2nc3ccccc3s2)cc(OC)c1OC. The highest BCUT2D eigenvalue weighted by Crippen LogP contribution is 2.34. The van der Waals surface area contributed by atoms with Gasteiger partial charge in [0.1, 0.15) is 0 Å². The first-order valence-electron chi connectivity index (χ1n) is 8.08. The van der Waals surface area contributed by atoms with Crippen LogP contribution in [0.25, 0.3) is 10.2 Å². The van der Waals surface area contributed by atoms with E-state index in [2.05, 4.69) is 11.6 Å². The third kappa shape index (κ3) is 3.28. The van der Waals surface area contributed by atoms with Gasteiger partial charge < -0.3 is 9.47 Å². The fourth-order valence-corrected chi connectivity index (χ4v) is 3.68. The van der Waals surface area contributed by atoms with Crippen molar-refractivity contribution < 1.29 is 14.3 Å². The van der Waals surface area contributed by atoms with Crippen molar-refractivity contribution in [1.82, 2.24) is 4.98 Å². The van der Waals surface area contributed by atoms with Crippen LogP contribution in [0.15, 0.2) is 49.1 Å². The van der Waals surface area contributed by atoms with Gasteiger partial charge >= 0.3 is 0 Å². The maximum Gasteiger partial charge on any atom is 0.259 e. The summed E-state index contributed by atoms with van der Waals surface area (Å²) in [5.74, 6) is 0.981. The molecule has 0 radical (unpaired) electrons. The van der Waals surface area contributed by atoms with Gasteiger partial charge in [-0.3, -0.25) is 9.69 Å². The monoisotopic (exact) mass is 368 g/mol. The van der Waals surface area contributed by atoms with Gasteiger partial charge in [0.15, 0.2) is 16.6 Å². The number of ether oxygens (including phenoxy) is 2. The Bertz CT molecular complexity index is 932. The minimum atomic E-state index is -0.157. The molecule has 0 aliphatic heterocycles. The first kappa shape index (κ1) is 17.9. The standard InChI is InChI=1S/C20H20N2O3S/c1-5-8-13-11-14(12-16(24-3)18(13)25-4)19(23)22(2)20-21-15-9-6-7-10-17(15)26-20/h5-7,9-12H,1,8H2,2-4H3. The van der Waals surface area contributed by atoms with Gasteiger partial charge in [-0.1, -0.05) is 29.5 Å². The summed E-state index contributed by atoms with van der Waals surface area (Å²) >= 11 is 1.48. The van der Waals surface area contributed by atoms with Crippen molar-refractivity contribution in [3.8, 4) is 11.5 Å². The van der Waals surface area contributed by atoms with Crippen molar-refractivity contribution in [2.24, 2.45) is 0 Å². The van der Waals surface area contributed by atoms with Gasteiger partial charge in [-0.15, -0.1) is 6.58 Å². The number of allylic oxidation sites excluding steroid dienone is 1. The largest absolute Gasteiger partial charge is 0.493 e. The van der Waals surface area contributed by atoms with Gasteiger partial charge in [-0.05, 0) is 30.7 Å². The number of aromatic nitrogens is 1. The Morgan fingerprint density at radius 2 is 2.04 bits per heavy atom. The predicted octanol–water partition coefficient (Wildman–Crippen LogP) is 4.32. The molecule has 1 amide bonds.